The van der Waals surface area contributed by atoms with E-state index in [4.69, 9.17) is 11.6 Å². The Morgan fingerprint density at radius 2 is 1.96 bits per heavy atom. The minimum atomic E-state index is -2.97. The minimum Gasteiger partial charge on any atom is -0.433 e. The summed E-state index contributed by atoms with van der Waals surface area (Å²) in [4.78, 5) is 11.7. The van der Waals surface area contributed by atoms with Crippen LogP contribution in [0.4, 0.5) is 24.5 Å². The molecule has 122 valence electrons. The Morgan fingerprint density at radius 3 is 2.61 bits per heavy atom. The summed E-state index contributed by atoms with van der Waals surface area (Å²) in [5.74, 6) is -1.18. The van der Waals surface area contributed by atoms with Crippen molar-refractivity contribution in [1.29, 1.82) is 0 Å². The third kappa shape index (κ3) is 5.07. The molecule has 2 aromatic carbocycles. The molecule has 0 aliphatic heterocycles. The van der Waals surface area contributed by atoms with Gasteiger partial charge in [0, 0.05) is 5.69 Å². The van der Waals surface area contributed by atoms with Crippen LogP contribution in [0.25, 0.3) is 0 Å². The molecule has 8 heteroatoms. The van der Waals surface area contributed by atoms with Crippen LogP contribution in [0, 0.1) is 5.82 Å². The predicted molar refractivity (Wildman–Crippen MR) is 81.6 cm³/mol. The van der Waals surface area contributed by atoms with E-state index < -0.39 is 18.3 Å². The van der Waals surface area contributed by atoms with Crippen molar-refractivity contribution in [2.24, 2.45) is 0 Å². The van der Waals surface area contributed by atoms with Gasteiger partial charge in [-0.25, -0.2) is 4.39 Å². The van der Waals surface area contributed by atoms with Crippen molar-refractivity contribution in [3.8, 4) is 5.75 Å². The van der Waals surface area contributed by atoms with Gasteiger partial charge in [-0.15, -0.1) is 0 Å². The van der Waals surface area contributed by atoms with Crippen LogP contribution in [-0.4, -0.2) is 19.1 Å². The van der Waals surface area contributed by atoms with E-state index in [-0.39, 0.29) is 23.0 Å². The fourth-order valence-corrected chi connectivity index (χ4v) is 1.97. The molecule has 0 heterocycles. The number of hydrogen-bond acceptors (Lipinski definition) is 3. The molecule has 0 fully saturated rings. The number of carbonyl (C=O) groups excluding carboxylic acids is 1. The van der Waals surface area contributed by atoms with E-state index in [9.17, 15) is 18.0 Å². The largest absolute Gasteiger partial charge is 0.433 e. The highest BCUT2D eigenvalue weighted by Gasteiger charge is 2.10. The van der Waals surface area contributed by atoms with E-state index in [1.165, 1.54) is 36.4 Å². The summed E-state index contributed by atoms with van der Waals surface area (Å²) in [6.07, 6.45) is 0. The standard InChI is InChI=1S/C15H12ClF3N2O2/c16-10-7-9(5-6-13(10)23-15(18)19)20-8-14(22)21-12-4-2-1-3-11(12)17/h1-7,15,20H,8H2,(H,21,22). The molecule has 0 bridgehead atoms. The minimum absolute atomic E-state index is 0.0233. The zero-order valence-corrected chi connectivity index (χ0v) is 12.4. The van der Waals surface area contributed by atoms with Crippen molar-refractivity contribution in [2.45, 2.75) is 6.61 Å². The van der Waals surface area contributed by atoms with Gasteiger partial charge in [-0.2, -0.15) is 8.78 Å². The maximum absolute atomic E-state index is 13.4. The first-order chi connectivity index (χ1) is 11.0. The van der Waals surface area contributed by atoms with Crippen molar-refractivity contribution >= 4 is 28.9 Å². The fourth-order valence-electron chi connectivity index (χ4n) is 1.74. The van der Waals surface area contributed by atoms with E-state index in [0.29, 0.717) is 5.69 Å². The first-order valence-electron chi connectivity index (χ1n) is 6.48. The molecule has 23 heavy (non-hydrogen) atoms. The van der Waals surface area contributed by atoms with Gasteiger partial charge < -0.3 is 15.4 Å². The Balaban J connectivity index is 1.92. The third-order valence-corrected chi connectivity index (χ3v) is 3.04. The zero-order valence-electron chi connectivity index (χ0n) is 11.7. The number of hydrogen-bond donors (Lipinski definition) is 2. The van der Waals surface area contributed by atoms with Crippen LogP contribution in [0.3, 0.4) is 0 Å². The van der Waals surface area contributed by atoms with Crippen LogP contribution in [0.15, 0.2) is 42.5 Å². The summed E-state index contributed by atoms with van der Waals surface area (Å²) >= 11 is 5.79. The molecule has 0 saturated carbocycles. The smallest absolute Gasteiger partial charge is 0.387 e. The van der Waals surface area contributed by atoms with E-state index in [0.717, 1.165) is 0 Å². The molecule has 0 aliphatic carbocycles. The second-order valence-corrected chi connectivity index (χ2v) is 4.81. The molecule has 4 nitrogen and oxygen atoms in total. The number of halogens is 4. The van der Waals surface area contributed by atoms with Gasteiger partial charge in [0.25, 0.3) is 0 Å². The summed E-state index contributed by atoms with van der Waals surface area (Å²) in [6, 6.07) is 9.79. The van der Waals surface area contributed by atoms with Crippen molar-refractivity contribution in [3.63, 3.8) is 0 Å². The topological polar surface area (TPSA) is 50.4 Å². The summed E-state index contributed by atoms with van der Waals surface area (Å²) in [7, 11) is 0. The number of nitrogens with one attached hydrogen (secondary N) is 2. The quantitative estimate of drug-likeness (QED) is 0.828. The lowest BCUT2D eigenvalue weighted by molar-refractivity contribution is -0.114. The number of para-hydroxylation sites is 1. The van der Waals surface area contributed by atoms with Crippen LogP contribution in [0.2, 0.25) is 5.02 Å². The Labute approximate surface area is 135 Å². The lowest BCUT2D eigenvalue weighted by Crippen LogP contribution is -2.22. The van der Waals surface area contributed by atoms with Gasteiger partial charge in [0.05, 0.1) is 17.3 Å². The van der Waals surface area contributed by atoms with Gasteiger partial charge in [-0.1, -0.05) is 23.7 Å². The van der Waals surface area contributed by atoms with Crippen LogP contribution < -0.4 is 15.4 Å². The van der Waals surface area contributed by atoms with Crippen molar-refractivity contribution < 1.29 is 22.7 Å². The van der Waals surface area contributed by atoms with E-state index >= 15 is 0 Å². The summed E-state index contributed by atoms with van der Waals surface area (Å²) in [5, 5.41) is 5.12. The van der Waals surface area contributed by atoms with Gasteiger partial charge >= 0.3 is 6.61 Å². The number of benzene rings is 2. The fraction of sp³-hybridized carbons (Fsp3) is 0.133. The van der Waals surface area contributed by atoms with Gasteiger partial charge in [0.15, 0.2) is 0 Å². The maximum Gasteiger partial charge on any atom is 0.387 e. The molecule has 2 rings (SSSR count). The molecular weight excluding hydrogens is 333 g/mol. The number of rotatable bonds is 6. The molecule has 0 aliphatic rings. The number of ether oxygens (including phenoxy) is 1. The van der Waals surface area contributed by atoms with Crippen molar-refractivity contribution in [2.75, 3.05) is 17.2 Å². The molecule has 0 aromatic heterocycles. The second-order valence-electron chi connectivity index (χ2n) is 4.41. The van der Waals surface area contributed by atoms with Gasteiger partial charge in [0.1, 0.15) is 11.6 Å². The third-order valence-electron chi connectivity index (χ3n) is 2.75. The Kier molecular flexibility index (Phi) is 5.70. The van der Waals surface area contributed by atoms with Gasteiger partial charge in [0.2, 0.25) is 5.91 Å². The number of carbonyl (C=O) groups is 1. The Bertz CT molecular complexity index is 698. The van der Waals surface area contributed by atoms with Crippen molar-refractivity contribution in [1.82, 2.24) is 0 Å². The average Bonchev–Trinajstić information content (AvgIpc) is 2.49. The second kappa shape index (κ2) is 7.73. The highest BCUT2D eigenvalue weighted by Crippen LogP contribution is 2.28. The normalized spacial score (nSPS) is 10.5. The first kappa shape index (κ1) is 17.0. The number of amides is 1. The summed E-state index contributed by atoms with van der Waals surface area (Å²) < 4.78 is 41.8. The highest BCUT2D eigenvalue weighted by atomic mass is 35.5. The van der Waals surface area contributed by atoms with E-state index in [2.05, 4.69) is 15.4 Å². The number of alkyl halides is 2. The lowest BCUT2D eigenvalue weighted by atomic mass is 10.3. The summed E-state index contributed by atoms with van der Waals surface area (Å²) in [6.45, 7) is -3.13. The van der Waals surface area contributed by atoms with Crippen molar-refractivity contribution in [3.05, 3.63) is 53.3 Å². The monoisotopic (exact) mass is 344 g/mol. The van der Waals surface area contributed by atoms with Crippen LogP contribution in [-0.2, 0) is 4.79 Å². The molecular formula is C15H12ClF3N2O2. The molecule has 0 saturated heterocycles. The molecule has 1 amide bonds. The molecule has 0 radical (unpaired) electrons. The van der Waals surface area contributed by atoms with Crippen LogP contribution in [0.1, 0.15) is 0 Å². The Hall–Kier alpha value is -2.41. The first-order valence-corrected chi connectivity index (χ1v) is 6.86. The highest BCUT2D eigenvalue weighted by molar-refractivity contribution is 6.32. The SMILES string of the molecule is O=C(CNc1ccc(OC(F)F)c(Cl)c1)Nc1ccccc1F. The van der Waals surface area contributed by atoms with Gasteiger partial charge in [-0.05, 0) is 30.3 Å². The molecule has 0 atom stereocenters. The van der Waals surface area contributed by atoms with E-state index in [1.807, 2.05) is 0 Å². The number of anilines is 2. The lowest BCUT2D eigenvalue weighted by Gasteiger charge is -2.11. The average molecular weight is 345 g/mol. The van der Waals surface area contributed by atoms with Gasteiger partial charge in [-0.3, -0.25) is 4.79 Å². The summed E-state index contributed by atoms with van der Waals surface area (Å²) in [5.41, 5.74) is 0.498. The zero-order chi connectivity index (χ0) is 16.8. The van der Waals surface area contributed by atoms with Crippen LogP contribution >= 0.6 is 11.6 Å². The van der Waals surface area contributed by atoms with Crippen LogP contribution in [0.5, 0.6) is 5.75 Å². The molecule has 0 unspecified atom stereocenters. The van der Waals surface area contributed by atoms with E-state index in [1.54, 1.807) is 6.07 Å². The molecule has 2 aromatic rings. The predicted octanol–water partition coefficient (Wildman–Crippen LogP) is 4.13. The Morgan fingerprint density at radius 1 is 1.22 bits per heavy atom. The maximum atomic E-state index is 13.4. The molecule has 0 spiro atoms. The molecule has 2 N–H and O–H groups in total.